The lowest BCUT2D eigenvalue weighted by atomic mass is 10.1. The third-order valence-corrected chi connectivity index (χ3v) is 4.80. The molecule has 1 N–H and O–H groups in total. The summed E-state index contributed by atoms with van der Waals surface area (Å²) in [4.78, 5) is 16.3. The first kappa shape index (κ1) is 21.5. The van der Waals surface area contributed by atoms with Gasteiger partial charge in [0, 0.05) is 24.9 Å². The molecule has 0 aliphatic heterocycles. The summed E-state index contributed by atoms with van der Waals surface area (Å²) in [5.41, 5.74) is 4.19. The van der Waals surface area contributed by atoms with Crippen LogP contribution in [-0.2, 0) is 11.2 Å². The molecular weight excluding hydrogens is 385 g/mol. The van der Waals surface area contributed by atoms with E-state index >= 15 is 0 Å². The van der Waals surface area contributed by atoms with Crippen molar-refractivity contribution in [2.75, 3.05) is 13.2 Å². The van der Waals surface area contributed by atoms with Crippen molar-refractivity contribution in [2.24, 2.45) is 0 Å². The van der Waals surface area contributed by atoms with Gasteiger partial charge in [-0.1, -0.05) is 11.2 Å². The standard InChI is InChI=1S/C23H26FN3O3/c1-15-13-16(2)17(3)20(14-15)29-12-4-11-25-21(28)9-10-22-26-23(27-30-22)18-5-7-19(24)8-6-18/h5-8,13-14H,4,9-12H2,1-3H3,(H,25,28). The number of aryl methyl sites for hydroxylation is 3. The molecule has 0 aliphatic rings. The Morgan fingerprint density at radius 3 is 2.70 bits per heavy atom. The molecule has 3 rings (SSSR count). The smallest absolute Gasteiger partial charge is 0.227 e. The SMILES string of the molecule is Cc1cc(C)c(C)c(OCCCNC(=O)CCc2nc(-c3ccc(F)cc3)no2)c1. The van der Waals surface area contributed by atoms with E-state index in [4.69, 9.17) is 9.26 Å². The zero-order chi connectivity index (χ0) is 21.5. The minimum absolute atomic E-state index is 0.0842. The van der Waals surface area contributed by atoms with Gasteiger partial charge < -0.3 is 14.6 Å². The number of nitrogens with zero attached hydrogens (tertiary/aromatic N) is 2. The number of carbonyl (C=O) groups is 1. The van der Waals surface area contributed by atoms with Crippen LogP contribution in [0.4, 0.5) is 4.39 Å². The van der Waals surface area contributed by atoms with Crippen LogP contribution in [0.2, 0.25) is 0 Å². The third kappa shape index (κ3) is 5.89. The van der Waals surface area contributed by atoms with Crippen molar-refractivity contribution in [3.63, 3.8) is 0 Å². The van der Waals surface area contributed by atoms with E-state index in [1.165, 1.54) is 23.3 Å². The second kappa shape index (κ2) is 10.0. The van der Waals surface area contributed by atoms with Gasteiger partial charge in [0.25, 0.3) is 0 Å². The van der Waals surface area contributed by atoms with Gasteiger partial charge in [0.15, 0.2) is 0 Å². The highest BCUT2D eigenvalue weighted by Crippen LogP contribution is 2.23. The van der Waals surface area contributed by atoms with Crippen LogP contribution in [0, 0.1) is 26.6 Å². The van der Waals surface area contributed by atoms with Gasteiger partial charge in [0.1, 0.15) is 11.6 Å². The van der Waals surface area contributed by atoms with Crippen LogP contribution in [0.3, 0.4) is 0 Å². The molecule has 0 bridgehead atoms. The summed E-state index contributed by atoms with van der Waals surface area (Å²) < 4.78 is 24.0. The Hall–Kier alpha value is -3.22. The molecule has 3 aromatic rings. The number of amides is 1. The molecule has 0 saturated carbocycles. The molecule has 158 valence electrons. The summed E-state index contributed by atoms with van der Waals surface area (Å²) >= 11 is 0. The van der Waals surface area contributed by atoms with Crippen molar-refractivity contribution in [3.05, 3.63) is 64.8 Å². The number of aromatic nitrogens is 2. The van der Waals surface area contributed by atoms with E-state index in [0.717, 1.165) is 11.3 Å². The van der Waals surface area contributed by atoms with Gasteiger partial charge >= 0.3 is 0 Å². The van der Waals surface area contributed by atoms with Gasteiger partial charge in [-0.15, -0.1) is 0 Å². The lowest BCUT2D eigenvalue weighted by Crippen LogP contribution is -2.25. The fourth-order valence-corrected chi connectivity index (χ4v) is 3.01. The molecule has 0 aliphatic carbocycles. The first-order valence-electron chi connectivity index (χ1n) is 9.98. The Morgan fingerprint density at radius 2 is 1.93 bits per heavy atom. The molecule has 2 aromatic carbocycles. The number of benzene rings is 2. The lowest BCUT2D eigenvalue weighted by molar-refractivity contribution is -0.121. The van der Waals surface area contributed by atoms with Crippen molar-refractivity contribution in [3.8, 4) is 17.1 Å². The number of rotatable bonds is 9. The monoisotopic (exact) mass is 411 g/mol. The fourth-order valence-electron chi connectivity index (χ4n) is 3.01. The van der Waals surface area contributed by atoms with Gasteiger partial charge in [0.05, 0.1) is 6.61 Å². The Labute approximate surface area is 175 Å². The summed E-state index contributed by atoms with van der Waals surface area (Å²) in [5, 5.41) is 6.74. The zero-order valence-corrected chi connectivity index (χ0v) is 17.5. The van der Waals surface area contributed by atoms with Crippen LogP contribution < -0.4 is 10.1 Å². The molecule has 0 fully saturated rings. The summed E-state index contributed by atoms with van der Waals surface area (Å²) in [6, 6.07) is 10.0. The fraction of sp³-hybridized carbons (Fsp3) is 0.348. The highest BCUT2D eigenvalue weighted by atomic mass is 19.1. The summed E-state index contributed by atoms with van der Waals surface area (Å²) in [5.74, 6) is 1.24. The Balaban J connectivity index is 1.36. The van der Waals surface area contributed by atoms with Gasteiger partial charge in [-0.3, -0.25) is 4.79 Å². The first-order valence-corrected chi connectivity index (χ1v) is 9.98. The molecule has 0 radical (unpaired) electrons. The van der Waals surface area contributed by atoms with Crippen molar-refractivity contribution < 1.29 is 18.4 Å². The van der Waals surface area contributed by atoms with E-state index in [2.05, 4.69) is 28.4 Å². The summed E-state index contributed by atoms with van der Waals surface area (Å²) in [7, 11) is 0. The highest BCUT2D eigenvalue weighted by Gasteiger charge is 2.11. The number of hydrogen-bond acceptors (Lipinski definition) is 5. The van der Waals surface area contributed by atoms with Crippen molar-refractivity contribution in [2.45, 2.75) is 40.0 Å². The highest BCUT2D eigenvalue weighted by molar-refractivity contribution is 5.76. The number of carbonyl (C=O) groups excluding carboxylic acids is 1. The second-order valence-electron chi connectivity index (χ2n) is 7.28. The van der Waals surface area contributed by atoms with E-state index in [1.54, 1.807) is 12.1 Å². The third-order valence-electron chi connectivity index (χ3n) is 4.80. The average Bonchev–Trinajstić information content (AvgIpc) is 3.19. The normalized spacial score (nSPS) is 10.8. The van der Waals surface area contributed by atoms with E-state index < -0.39 is 0 Å². The molecular formula is C23H26FN3O3. The predicted molar refractivity (Wildman–Crippen MR) is 112 cm³/mol. The number of nitrogens with one attached hydrogen (secondary N) is 1. The maximum Gasteiger partial charge on any atom is 0.227 e. The molecule has 30 heavy (non-hydrogen) atoms. The van der Waals surface area contributed by atoms with Crippen molar-refractivity contribution in [1.29, 1.82) is 0 Å². The predicted octanol–water partition coefficient (Wildman–Crippen LogP) is 4.32. The molecule has 0 spiro atoms. The Bertz CT molecular complexity index is 999. The molecule has 1 amide bonds. The molecule has 0 saturated heterocycles. The molecule has 6 nitrogen and oxygen atoms in total. The Kier molecular flexibility index (Phi) is 7.17. The maximum atomic E-state index is 13.0. The molecule has 0 atom stereocenters. The van der Waals surface area contributed by atoms with Crippen molar-refractivity contribution in [1.82, 2.24) is 15.5 Å². The number of halogens is 1. The molecule has 0 unspecified atom stereocenters. The topological polar surface area (TPSA) is 77.2 Å². The lowest BCUT2D eigenvalue weighted by Gasteiger charge is -2.12. The van der Waals surface area contributed by atoms with Crippen LogP contribution in [0.1, 0.15) is 35.4 Å². The zero-order valence-electron chi connectivity index (χ0n) is 17.5. The van der Waals surface area contributed by atoms with Crippen molar-refractivity contribution >= 4 is 5.91 Å². The Morgan fingerprint density at radius 1 is 1.17 bits per heavy atom. The maximum absolute atomic E-state index is 13.0. The van der Waals surface area contributed by atoms with Gasteiger partial charge in [-0.2, -0.15) is 4.98 Å². The number of hydrogen-bond donors (Lipinski definition) is 1. The van der Waals surface area contributed by atoms with Crippen LogP contribution in [0.5, 0.6) is 5.75 Å². The van der Waals surface area contributed by atoms with E-state index in [-0.39, 0.29) is 18.1 Å². The van der Waals surface area contributed by atoms with E-state index in [0.29, 0.717) is 43.3 Å². The minimum Gasteiger partial charge on any atom is -0.493 e. The molecule has 7 heteroatoms. The number of ether oxygens (including phenoxy) is 1. The largest absolute Gasteiger partial charge is 0.493 e. The van der Waals surface area contributed by atoms with E-state index in [9.17, 15) is 9.18 Å². The van der Waals surface area contributed by atoms with Gasteiger partial charge in [0.2, 0.25) is 17.6 Å². The van der Waals surface area contributed by atoms with Crippen LogP contribution in [-0.4, -0.2) is 29.2 Å². The minimum atomic E-state index is -0.325. The van der Waals surface area contributed by atoms with Gasteiger partial charge in [-0.05, 0) is 74.2 Å². The average molecular weight is 411 g/mol. The molecule has 1 aromatic heterocycles. The summed E-state index contributed by atoms with van der Waals surface area (Å²) in [6.07, 6.45) is 1.31. The van der Waals surface area contributed by atoms with E-state index in [1.807, 2.05) is 19.9 Å². The van der Waals surface area contributed by atoms with Gasteiger partial charge in [-0.25, -0.2) is 4.39 Å². The van der Waals surface area contributed by atoms with Crippen LogP contribution in [0.25, 0.3) is 11.4 Å². The summed E-state index contributed by atoms with van der Waals surface area (Å²) in [6.45, 7) is 7.24. The second-order valence-corrected chi connectivity index (χ2v) is 7.28. The first-order chi connectivity index (χ1) is 14.4. The van der Waals surface area contributed by atoms with Crippen LogP contribution in [0.15, 0.2) is 40.9 Å². The quantitative estimate of drug-likeness (QED) is 0.531. The molecule has 1 heterocycles. The van der Waals surface area contributed by atoms with Crippen LogP contribution >= 0.6 is 0 Å².